The summed E-state index contributed by atoms with van der Waals surface area (Å²) in [6.45, 7) is 0.207. The van der Waals surface area contributed by atoms with E-state index in [1.54, 1.807) is 18.3 Å². The van der Waals surface area contributed by atoms with Gasteiger partial charge in [-0.2, -0.15) is 4.37 Å². The van der Waals surface area contributed by atoms with E-state index in [2.05, 4.69) is 20.0 Å². The number of carboxylic acid groups (broad SMARTS) is 1. The number of aromatic nitrogens is 1. The van der Waals surface area contributed by atoms with E-state index in [9.17, 15) is 19.2 Å². The Bertz CT molecular complexity index is 1650. The van der Waals surface area contributed by atoms with E-state index in [1.165, 1.54) is 40.0 Å². The molecule has 0 radical (unpaired) electrons. The molecule has 0 fully saturated rings. The molecular formula is C32H41N7O9S. The SMILES string of the molecule is COc1ccc(-c2cnsc2-c2cc(OC)c(OC)c(OC)c2)cc1NC(=O)[C@@H](CCCN=C(N)N)NC(=O)CCC(=O)[C@H](N)CC(=O)O. The fourth-order valence-corrected chi connectivity index (χ4v) is 5.58. The molecule has 1 heterocycles. The number of anilines is 1. The number of benzene rings is 2. The normalized spacial score (nSPS) is 11.9. The van der Waals surface area contributed by atoms with Crippen molar-refractivity contribution in [3.8, 4) is 44.6 Å². The Balaban J connectivity index is 1.88. The first kappa shape index (κ1) is 38.0. The van der Waals surface area contributed by atoms with Gasteiger partial charge in [0, 0.05) is 36.7 Å². The van der Waals surface area contributed by atoms with Crippen LogP contribution in [0.5, 0.6) is 23.0 Å². The Kier molecular flexibility index (Phi) is 14.1. The molecule has 2 atom stereocenters. The first-order chi connectivity index (χ1) is 23.4. The summed E-state index contributed by atoms with van der Waals surface area (Å²) < 4.78 is 26.4. The van der Waals surface area contributed by atoms with Gasteiger partial charge >= 0.3 is 5.97 Å². The summed E-state index contributed by atoms with van der Waals surface area (Å²) in [6.07, 6.45) is 1.06. The third-order valence-corrected chi connectivity index (χ3v) is 8.12. The molecule has 0 bridgehead atoms. The number of methoxy groups -OCH3 is 4. The van der Waals surface area contributed by atoms with Gasteiger partial charge < -0.3 is 51.9 Å². The number of Topliss-reactive ketones (excluding diaryl/α,β-unsaturated/α-hetero) is 1. The Morgan fingerprint density at radius 1 is 0.939 bits per heavy atom. The lowest BCUT2D eigenvalue weighted by Gasteiger charge is -2.20. The molecule has 264 valence electrons. The molecule has 2 amide bonds. The maximum absolute atomic E-state index is 13.6. The second kappa shape index (κ2) is 18.2. The number of nitrogens with two attached hydrogens (primary N) is 3. The molecule has 0 saturated heterocycles. The van der Waals surface area contributed by atoms with Crippen LogP contribution >= 0.6 is 11.5 Å². The second-order valence-corrected chi connectivity index (χ2v) is 11.4. The number of hydrogen-bond donors (Lipinski definition) is 6. The summed E-state index contributed by atoms with van der Waals surface area (Å²) in [7, 11) is 6.04. The van der Waals surface area contributed by atoms with Crippen molar-refractivity contribution in [1.29, 1.82) is 0 Å². The zero-order valence-electron chi connectivity index (χ0n) is 27.6. The zero-order valence-corrected chi connectivity index (χ0v) is 28.4. The molecule has 0 spiro atoms. The summed E-state index contributed by atoms with van der Waals surface area (Å²) in [5.41, 5.74) is 19.0. The van der Waals surface area contributed by atoms with E-state index in [0.717, 1.165) is 16.0 Å². The number of ether oxygens (including phenoxy) is 4. The zero-order chi connectivity index (χ0) is 36.1. The van der Waals surface area contributed by atoms with E-state index in [-0.39, 0.29) is 31.8 Å². The largest absolute Gasteiger partial charge is 0.495 e. The number of nitrogens with zero attached hydrogens (tertiary/aromatic N) is 2. The van der Waals surface area contributed by atoms with Gasteiger partial charge in [0.25, 0.3) is 0 Å². The molecule has 3 rings (SSSR count). The van der Waals surface area contributed by atoms with Crippen molar-refractivity contribution in [3.63, 3.8) is 0 Å². The number of carbonyl (C=O) groups is 4. The van der Waals surface area contributed by atoms with Gasteiger partial charge in [-0.15, -0.1) is 0 Å². The molecule has 0 saturated carbocycles. The van der Waals surface area contributed by atoms with Crippen molar-refractivity contribution < 1.29 is 43.2 Å². The van der Waals surface area contributed by atoms with Gasteiger partial charge in [-0.05, 0) is 54.2 Å². The molecule has 49 heavy (non-hydrogen) atoms. The van der Waals surface area contributed by atoms with Crippen LogP contribution in [0.3, 0.4) is 0 Å². The van der Waals surface area contributed by atoms with E-state index < -0.39 is 42.1 Å². The van der Waals surface area contributed by atoms with Crippen LogP contribution < -0.4 is 46.8 Å². The Morgan fingerprint density at radius 2 is 1.61 bits per heavy atom. The van der Waals surface area contributed by atoms with Crippen LogP contribution in [0.25, 0.3) is 21.6 Å². The number of hydrogen-bond acceptors (Lipinski definition) is 12. The lowest BCUT2D eigenvalue weighted by atomic mass is 10.0. The molecule has 0 aliphatic rings. The predicted octanol–water partition coefficient (Wildman–Crippen LogP) is 2.14. The standard InChI is InChI=1S/C32H41N7O9S/c1-45-24-9-7-17(19-16-37-49-30(19)18-13-25(46-2)29(48-4)26(14-18)47-3)12-22(24)39-31(44)21(6-5-11-36-32(34)35)38-27(41)10-8-23(40)20(33)15-28(42)43/h7,9,12-14,16,20-21H,5-6,8,10-11,15,33H2,1-4H3,(H,38,41)(H,39,44)(H,42,43)(H4,34,35,36)/t20-,21-/m1/s1. The second-order valence-electron chi connectivity index (χ2n) is 10.6. The fraction of sp³-hybridized carbons (Fsp3) is 0.375. The van der Waals surface area contributed by atoms with Crippen molar-refractivity contribution in [3.05, 3.63) is 36.5 Å². The average molecular weight is 700 g/mol. The van der Waals surface area contributed by atoms with Gasteiger partial charge in [0.2, 0.25) is 17.6 Å². The number of guanidine groups is 1. The molecule has 9 N–H and O–H groups in total. The third-order valence-electron chi connectivity index (χ3n) is 7.27. The van der Waals surface area contributed by atoms with Gasteiger partial charge in [-0.1, -0.05) is 6.07 Å². The molecule has 16 nitrogen and oxygen atoms in total. The molecule has 1 aromatic heterocycles. The maximum Gasteiger partial charge on any atom is 0.305 e. The minimum atomic E-state index is -1.24. The molecule has 0 unspecified atom stereocenters. The summed E-state index contributed by atoms with van der Waals surface area (Å²) in [5.74, 6) is -1.33. The minimum absolute atomic E-state index is 0.114. The summed E-state index contributed by atoms with van der Waals surface area (Å²) in [5, 5.41) is 14.4. The van der Waals surface area contributed by atoms with Crippen LogP contribution in [-0.4, -0.2) is 86.1 Å². The van der Waals surface area contributed by atoms with Gasteiger partial charge in [0.15, 0.2) is 23.2 Å². The van der Waals surface area contributed by atoms with Crippen molar-refractivity contribution in [2.75, 3.05) is 40.3 Å². The number of nitrogens with one attached hydrogen (secondary N) is 2. The van der Waals surface area contributed by atoms with Crippen LogP contribution in [-0.2, 0) is 19.2 Å². The highest BCUT2D eigenvalue weighted by Crippen LogP contribution is 2.45. The third kappa shape index (κ3) is 10.5. The van der Waals surface area contributed by atoms with Crippen LogP contribution in [0.1, 0.15) is 32.1 Å². The molecule has 17 heteroatoms. The van der Waals surface area contributed by atoms with Gasteiger partial charge in [-0.25, -0.2) is 0 Å². The number of aliphatic carboxylic acids is 1. The number of ketones is 1. The quantitative estimate of drug-likeness (QED) is 0.0597. The fourth-order valence-electron chi connectivity index (χ4n) is 4.82. The van der Waals surface area contributed by atoms with E-state index in [1.807, 2.05) is 18.2 Å². The van der Waals surface area contributed by atoms with Crippen LogP contribution in [0, 0.1) is 0 Å². The van der Waals surface area contributed by atoms with Gasteiger partial charge in [0.05, 0.1) is 51.5 Å². The Labute approximate surface area is 287 Å². The number of carboxylic acids is 1. The molecule has 0 aliphatic carbocycles. The lowest BCUT2D eigenvalue weighted by molar-refractivity contribution is -0.139. The minimum Gasteiger partial charge on any atom is -0.495 e. The van der Waals surface area contributed by atoms with Crippen molar-refractivity contribution in [2.45, 2.75) is 44.2 Å². The highest BCUT2D eigenvalue weighted by molar-refractivity contribution is 7.10. The van der Waals surface area contributed by atoms with Crippen LogP contribution in [0.15, 0.2) is 41.5 Å². The Hall–Kier alpha value is -5.42. The summed E-state index contributed by atoms with van der Waals surface area (Å²) >= 11 is 1.26. The topological polar surface area (TPSA) is 253 Å². The van der Waals surface area contributed by atoms with E-state index in [0.29, 0.717) is 40.7 Å². The smallest absolute Gasteiger partial charge is 0.305 e. The monoisotopic (exact) mass is 699 g/mol. The van der Waals surface area contributed by atoms with E-state index >= 15 is 0 Å². The first-order valence-corrected chi connectivity index (χ1v) is 15.8. The molecular weight excluding hydrogens is 658 g/mol. The van der Waals surface area contributed by atoms with E-state index in [4.69, 9.17) is 41.3 Å². The maximum atomic E-state index is 13.6. The van der Waals surface area contributed by atoms with Crippen LogP contribution in [0.4, 0.5) is 5.69 Å². The number of amides is 2. The van der Waals surface area contributed by atoms with Gasteiger partial charge in [0.1, 0.15) is 11.8 Å². The molecule has 0 aliphatic heterocycles. The van der Waals surface area contributed by atoms with Crippen LogP contribution in [0.2, 0.25) is 0 Å². The highest BCUT2D eigenvalue weighted by Gasteiger charge is 2.25. The molecule has 3 aromatic rings. The first-order valence-electron chi connectivity index (χ1n) is 15.0. The van der Waals surface area contributed by atoms with Crippen molar-refractivity contribution >= 4 is 46.7 Å². The van der Waals surface area contributed by atoms with Crippen molar-refractivity contribution in [2.24, 2.45) is 22.2 Å². The predicted molar refractivity (Wildman–Crippen MR) is 184 cm³/mol. The molecule has 2 aromatic carbocycles. The average Bonchev–Trinajstić information content (AvgIpc) is 3.57. The Morgan fingerprint density at radius 3 is 2.20 bits per heavy atom. The number of carbonyl (C=O) groups excluding carboxylic acids is 3. The number of rotatable bonds is 19. The highest BCUT2D eigenvalue weighted by atomic mass is 32.1. The van der Waals surface area contributed by atoms with Crippen molar-refractivity contribution in [1.82, 2.24) is 9.69 Å². The number of aliphatic imine (C=N–C) groups is 1. The van der Waals surface area contributed by atoms with Gasteiger partial charge in [-0.3, -0.25) is 24.2 Å². The lowest BCUT2D eigenvalue weighted by Crippen LogP contribution is -2.44. The summed E-state index contributed by atoms with van der Waals surface area (Å²) in [6, 6.07) is 6.58. The summed E-state index contributed by atoms with van der Waals surface area (Å²) in [4.78, 5) is 54.2.